The van der Waals surface area contributed by atoms with Gasteiger partial charge in [0.15, 0.2) is 11.0 Å². The van der Waals surface area contributed by atoms with Crippen LogP contribution in [0.5, 0.6) is 0 Å². The summed E-state index contributed by atoms with van der Waals surface area (Å²) in [7, 11) is 2.19. The van der Waals surface area contributed by atoms with Crippen LogP contribution in [-0.4, -0.2) is 9.38 Å². The van der Waals surface area contributed by atoms with Gasteiger partial charge in [0.1, 0.15) is 5.52 Å². The van der Waals surface area contributed by atoms with Crippen molar-refractivity contribution >= 4 is 38.5 Å². The first-order valence-corrected chi connectivity index (χ1v) is 11.5. The predicted octanol–water partition coefficient (Wildman–Crippen LogP) is 6.32. The predicted molar refractivity (Wildman–Crippen MR) is 131 cm³/mol. The molecule has 0 aliphatic rings. The van der Waals surface area contributed by atoms with E-state index in [1.807, 2.05) is 6.20 Å². The molecule has 3 heteroatoms. The first kappa shape index (κ1) is 20.0. The van der Waals surface area contributed by atoms with Crippen LogP contribution in [0.15, 0.2) is 48.7 Å². The maximum Gasteiger partial charge on any atom is 0.297 e. The number of nitrogens with zero attached hydrogens (tertiary/aromatic N) is 3. The standard InChI is InChI=1S/C28H32N3/c1-17(2)13-20-15-21(14-18(3)4)27-22(16-20)26-25(19(5)11-12-29-26)28-30(6)23-9-7-8-10-24(23)31(27)28/h7-12,15-18H,13-14H2,1-6H3/q+1. The maximum atomic E-state index is 4.95. The summed E-state index contributed by atoms with van der Waals surface area (Å²) in [5.74, 6) is 1.21. The molecule has 0 N–H and O–H groups in total. The number of fused-ring (bicyclic) bond motifs is 8. The van der Waals surface area contributed by atoms with Gasteiger partial charge in [-0.1, -0.05) is 45.9 Å². The summed E-state index contributed by atoms with van der Waals surface area (Å²) in [5.41, 5.74) is 10.3. The molecule has 0 spiro atoms. The van der Waals surface area contributed by atoms with Crippen LogP contribution >= 0.6 is 0 Å². The molecule has 0 unspecified atom stereocenters. The molecule has 0 aliphatic carbocycles. The lowest BCUT2D eigenvalue weighted by Crippen LogP contribution is -2.27. The van der Waals surface area contributed by atoms with Crippen LogP contribution in [0.1, 0.15) is 44.4 Å². The molecular weight excluding hydrogens is 378 g/mol. The van der Waals surface area contributed by atoms with Crippen LogP contribution in [-0.2, 0) is 19.9 Å². The third kappa shape index (κ3) is 3.10. The van der Waals surface area contributed by atoms with E-state index in [0.717, 1.165) is 18.4 Å². The summed E-state index contributed by atoms with van der Waals surface area (Å²) in [6.45, 7) is 11.4. The van der Waals surface area contributed by atoms with Crippen LogP contribution in [0.3, 0.4) is 0 Å². The summed E-state index contributed by atoms with van der Waals surface area (Å²) < 4.78 is 4.84. The van der Waals surface area contributed by atoms with Gasteiger partial charge < -0.3 is 0 Å². The molecule has 0 bridgehead atoms. The molecule has 2 aromatic carbocycles. The van der Waals surface area contributed by atoms with Crippen LogP contribution in [0.25, 0.3) is 38.5 Å². The van der Waals surface area contributed by atoms with Crippen molar-refractivity contribution in [1.29, 1.82) is 0 Å². The minimum Gasteiger partial charge on any atom is -0.255 e. The average Bonchev–Trinajstić information content (AvgIpc) is 3.00. The number of imidazole rings is 1. The average molecular weight is 411 g/mol. The van der Waals surface area contributed by atoms with Crippen molar-refractivity contribution < 1.29 is 4.57 Å². The number of para-hydroxylation sites is 2. The fraction of sp³-hybridized carbons (Fsp3) is 0.357. The Labute approximate surface area is 184 Å². The van der Waals surface area contributed by atoms with Gasteiger partial charge in [-0.2, -0.15) is 4.40 Å². The molecule has 0 atom stereocenters. The molecular formula is C28H32N3+. The Balaban J connectivity index is 2.10. The first-order valence-electron chi connectivity index (χ1n) is 11.5. The molecule has 0 saturated heterocycles. The van der Waals surface area contributed by atoms with Crippen LogP contribution in [0, 0.1) is 18.8 Å². The highest BCUT2D eigenvalue weighted by Gasteiger charge is 2.26. The number of hydrogen-bond acceptors (Lipinski definition) is 1. The van der Waals surface area contributed by atoms with Gasteiger partial charge in [0.25, 0.3) is 5.65 Å². The number of pyridine rings is 2. The Hall–Kier alpha value is -2.94. The van der Waals surface area contributed by atoms with E-state index in [0.29, 0.717) is 11.8 Å². The van der Waals surface area contributed by atoms with Gasteiger partial charge in [-0.25, -0.2) is 4.57 Å². The molecule has 158 valence electrons. The van der Waals surface area contributed by atoms with Crippen LogP contribution in [0.2, 0.25) is 0 Å². The van der Waals surface area contributed by atoms with E-state index < -0.39 is 0 Å². The molecule has 0 radical (unpaired) electrons. The smallest absolute Gasteiger partial charge is 0.255 e. The Morgan fingerprint density at radius 3 is 2.45 bits per heavy atom. The summed E-state index contributed by atoms with van der Waals surface area (Å²) >= 11 is 0. The Kier molecular flexibility index (Phi) is 4.73. The quantitative estimate of drug-likeness (QED) is 0.251. The van der Waals surface area contributed by atoms with E-state index in [9.17, 15) is 0 Å². The van der Waals surface area contributed by atoms with Crippen molar-refractivity contribution in [3.63, 3.8) is 0 Å². The van der Waals surface area contributed by atoms with Gasteiger partial charge in [0, 0.05) is 17.1 Å². The lowest BCUT2D eigenvalue weighted by molar-refractivity contribution is -0.617. The normalized spacial score (nSPS) is 12.4. The third-order valence-corrected chi connectivity index (χ3v) is 6.40. The van der Waals surface area contributed by atoms with E-state index >= 15 is 0 Å². The highest BCUT2D eigenvalue weighted by atomic mass is 15.1. The highest BCUT2D eigenvalue weighted by Crippen LogP contribution is 2.35. The molecule has 0 fully saturated rings. The molecule has 3 nitrogen and oxygen atoms in total. The van der Waals surface area contributed by atoms with Crippen molar-refractivity contribution in [2.24, 2.45) is 18.9 Å². The SMILES string of the molecule is Cc1ccnc2c3cc(CC(C)C)cc(CC(C)C)c3n3c4ccccc4[n+](C)c3c12. The van der Waals surface area contributed by atoms with Crippen molar-refractivity contribution in [3.05, 3.63) is 65.4 Å². The fourth-order valence-corrected chi connectivity index (χ4v) is 5.26. The van der Waals surface area contributed by atoms with Crippen LogP contribution < -0.4 is 4.57 Å². The Bertz CT molecular complexity index is 1450. The molecule has 5 aromatic rings. The summed E-state index contributed by atoms with van der Waals surface area (Å²) in [6, 6.07) is 15.8. The monoisotopic (exact) mass is 410 g/mol. The topological polar surface area (TPSA) is 21.2 Å². The second kappa shape index (κ2) is 7.33. The summed E-state index contributed by atoms with van der Waals surface area (Å²) in [5, 5.41) is 2.53. The van der Waals surface area contributed by atoms with Crippen LogP contribution in [0.4, 0.5) is 0 Å². The zero-order chi connectivity index (χ0) is 21.9. The number of benzene rings is 2. The van der Waals surface area contributed by atoms with E-state index in [2.05, 4.69) is 93.1 Å². The van der Waals surface area contributed by atoms with Gasteiger partial charge in [-0.3, -0.25) is 4.98 Å². The molecule has 0 amide bonds. The van der Waals surface area contributed by atoms with Gasteiger partial charge in [-0.05, 0) is 67.0 Å². The Morgan fingerprint density at radius 1 is 0.968 bits per heavy atom. The zero-order valence-electron chi connectivity index (χ0n) is 19.5. The largest absolute Gasteiger partial charge is 0.297 e. The summed E-state index contributed by atoms with van der Waals surface area (Å²) in [4.78, 5) is 4.95. The van der Waals surface area contributed by atoms with E-state index in [1.54, 1.807) is 0 Å². The zero-order valence-corrected chi connectivity index (χ0v) is 19.5. The number of hydrogen-bond donors (Lipinski definition) is 0. The minimum atomic E-state index is 0.587. The highest BCUT2D eigenvalue weighted by molar-refractivity contribution is 6.12. The van der Waals surface area contributed by atoms with Gasteiger partial charge in [0.05, 0.1) is 18.0 Å². The van der Waals surface area contributed by atoms with Crippen molar-refractivity contribution in [3.8, 4) is 0 Å². The van der Waals surface area contributed by atoms with Gasteiger partial charge in [0.2, 0.25) is 0 Å². The van der Waals surface area contributed by atoms with Gasteiger partial charge in [-0.15, -0.1) is 0 Å². The molecule has 3 heterocycles. The number of rotatable bonds is 4. The van der Waals surface area contributed by atoms with E-state index in [1.165, 1.54) is 49.7 Å². The fourth-order valence-electron chi connectivity index (χ4n) is 5.26. The lowest BCUT2D eigenvalue weighted by atomic mass is 9.93. The van der Waals surface area contributed by atoms with E-state index in [-0.39, 0.29) is 0 Å². The molecule has 3 aromatic heterocycles. The summed E-state index contributed by atoms with van der Waals surface area (Å²) in [6.07, 6.45) is 4.12. The van der Waals surface area contributed by atoms with Crippen molar-refractivity contribution in [2.75, 3.05) is 0 Å². The van der Waals surface area contributed by atoms with E-state index in [4.69, 9.17) is 4.98 Å². The lowest BCUT2D eigenvalue weighted by Gasteiger charge is -2.15. The third-order valence-electron chi connectivity index (χ3n) is 6.40. The molecule has 0 aliphatic heterocycles. The van der Waals surface area contributed by atoms with Gasteiger partial charge >= 0.3 is 0 Å². The molecule has 0 saturated carbocycles. The maximum absolute atomic E-state index is 4.95. The Morgan fingerprint density at radius 2 is 1.71 bits per heavy atom. The second-order valence-electron chi connectivity index (χ2n) is 9.91. The number of aromatic nitrogens is 3. The first-order chi connectivity index (χ1) is 14.9. The second-order valence-corrected chi connectivity index (χ2v) is 9.91. The number of aryl methyl sites for hydroxylation is 2. The molecule has 5 rings (SSSR count). The molecule has 31 heavy (non-hydrogen) atoms. The minimum absolute atomic E-state index is 0.587. The van der Waals surface area contributed by atoms with Crippen molar-refractivity contribution in [2.45, 2.75) is 47.5 Å². The van der Waals surface area contributed by atoms with Crippen molar-refractivity contribution in [1.82, 2.24) is 9.38 Å².